The summed E-state index contributed by atoms with van der Waals surface area (Å²) in [7, 11) is 4.30. The zero-order valence-electron chi connectivity index (χ0n) is 13.9. The highest BCUT2D eigenvalue weighted by molar-refractivity contribution is 5.24. The van der Waals surface area contributed by atoms with E-state index in [4.69, 9.17) is 0 Å². The van der Waals surface area contributed by atoms with Crippen LogP contribution in [0.2, 0.25) is 0 Å². The first-order valence-corrected chi connectivity index (χ1v) is 8.10. The Kier molecular flexibility index (Phi) is 5.80. The molecule has 0 aliphatic carbocycles. The Bertz CT molecular complexity index is 421. The van der Waals surface area contributed by atoms with E-state index in [1.54, 1.807) is 0 Å². The van der Waals surface area contributed by atoms with Crippen molar-refractivity contribution in [1.82, 2.24) is 9.80 Å². The van der Waals surface area contributed by atoms with Gasteiger partial charge in [0.1, 0.15) is 0 Å². The first kappa shape index (κ1) is 16.5. The van der Waals surface area contributed by atoms with Crippen molar-refractivity contribution in [1.29, 1.82) is 0 Å². The van der Waals surface area contributed by atoms with Crippen LogP contribution in [0.5, 0.6) is 0 Å². The summed E-state index contributed by atoms with van der Waals surface area (Å²) in [6, 6.07) is 8.45. The number of piperidine rings is 1. The predicted molar refractivity (Wildman–Crippen MR) is 88.5 cm³/mol. The smallest absolute Gasteiger partial charge is 0.0942 e. The molecule has 1 N–H and O–H groups in total. The maximum absolute atomic E-state index is 10.6. The first-order chi connectivity index (χ1) is 9.97. The highest BCUT2D eigenvalue weighted by Crippen LogP contribution is 2.26. The molecule has 2 atom stereocenters. The molecule has 1 aliphatic rings. The number of benzene rings is 1. The van der Waals surface area contributed by atoms with E-state index < -0.39 is 6.10 Å². The fourth-order valence-electron chi connectivity index (χ4n) is 3.30. The average molecular weight is 290 g/mol. The number of nitrogens with zero attached hydrogens (tertiary/aromatic N) is 2. The normalized spacial score (nSPS) is 20.7. The van der Waals surface area contributed by atoms with E-state index >= 15 is 0 Å². The molecule has 1 heterocycles. The van der Waals surface area contributed by atoms with Gasteiger partial charge in [0.05, 0.1) is 6.10 Å². The lowest BCUT2D eigenvalue weighted by Crippen LogP contribution is -2.44. The van der Waals surface area contributed by atoms with Gasteiger partial charge < -0.3 is 10.0 Å². The van der Waals surface area contributed by atoms with Crippen molar-refractivity contribution in [2.75, 3.05) is 33.7 Å². The summed E-state index contributed by atoms with van der Waals surface area (Å²) < 4.78 is 0. The number of likely N-dealkylation sites (tertiary alicyclic amines) is 1. The van der Waals surface area contributed by atoms with Crippen LogP contribution in [0.15, 0.2) is 24.3 Å². The van der Waals surface area contributed by atoms with Crippen LogP contribution >= 0.6 is 0 Å². The van der Waals surface area contributed by atoms with Crippen LogP contribution in [0.4, 0.5) is 0 Å². The van der Waals surface area contributed by atoms with Crippen LogP contribution in [-0.4, -0.2) is 54.7 Å². The minimum absolute atomic E-state index is 0.188. The summed E-state index contributed by atoms with van der Waals surface area (Å²) in [5, 5.41) is 10.6. The Morgan fingerprint density at radius 2 is 1.76 bits per heavy atom. The Balaban J connectivity index is 1.89. The molecule has 3 nitrogen and oxygen atoms in total. The van der Waals surface area contributed by atoms with Crippen LogP contribution < -0.4 is 0 Å². The largest absolute Gasteiger partial charge is 0.387 e. The molecule has 1 fully saturated rings. The van der Waals surface area contributed by atoms with E-state index in [9.17, 15) is 5.11 Å². The number of aryl methyl sites for hydroxylation is 1. The minimum Gasteiger partial charge on any atom is -0.387 e. The number of hydrogen-bond donors (Lipinski definition) is 1. The van der Waals surface area contributed by atoms with Gasteiger partial charge in [-0.2, -0.15) is 0 Å². The summed E-state index contributed by atoms with van der Waals surface area (Å²) in [6.07, 6.45) is 2.09. The van der Waals surface area contributed by atoms with Gasteiger partial charge >= 0.3 is 0 Å². The lowest BCUT2D eigenvalue weighted by molar-refractivity contribution is 0.0346. The van der Waals surface area contributed by atoms with Crippen LogP contribution in [0, 0.1) is 12.8 Å². The summed E-state index contributed by atoms with van der Waals surface area (Å²) in [5.74, 6) is 0.806. The number of hydrogen-bond acceptors (Lipinski definition) is 3. The summed E-state index contributed by atoms with van der Waals surface area (Å²) in [4.78, 5) is 4.72. The van der Waals surface area contributed by atoms with Crippen molar-refractivity contribution in [2.45, 2.75) is 38.8 Å². The molecule has 21 heavy (non-hydrogen) atoms. The Labute approximate surface area is 129 Å². The van der Waals surface area contributed by atoms with E-state index in [0.717, 1.165) is 24.6 Å². The van der Waals surface area contributed by atoms with Crippen molar-refractivity contribution in [2.24, 2.45) is 5.92 Å². The van der Waals surface area contributed by atoms with E-state index in [1.165, 1.54) is 24.9 Å². The Morgan fingerprint density at radius 3 is 2.29 bits per heavy atom. The molecular formula is C18H30N2O. The third-order valence-electron chi connectivity index (χ3n) is 4.72. The molecule has 2 rings (SSSR count). The highest BCUT2D eigenvalue weighted by Gasteiger charge is 2.27. The monoisotopic (exact) mass is 290 g/mol. The van der Waals surface area contributed by atoms with E-state index in [-0.39, 0.29) is 6.04 Å². The highest BCUT2D eigenvalue weighted by atomic mass is 16.3. The molecule has 0 bridgehead atoms. The summed E-state index contributed by atoms with van der Waals surface area (Å²) in [5.41, 5.74) is 2.27. The van der Waals surface area contributed by atoms with Crippen molar-refractivity contribution >= 4 is 0 Å². The molecule has 0 radical (unpaired) electrons. The van der Waals surface area contributed by atoms with Crippen LogP contribution in [-0.2, 0) is 0 Å². The second kappa shape index (κ2) is 7.39. The van der Waals surface area contributed by atoms with Gasteiger partial charge in [-0.25, -0.2) is 0 Å². The van der Waals surface area contributed by atoms with Crippen molar-refractivity contribution < 1.29 is 5.11 Å². The third-order valence-corrected chi connectivity index (χ3v) is 4.72. The van der Waals surface area contributed by atoms with Gasteiger partial charge in [0, 0.05) is 12.6 Å². The maximum Gasteiger partial charge on any atom is 0.0942 e. The van der Waals surface area contributed by atoms with Gasteiger partial charge in [0.2, 0.25) is 0 Å². The third kappa shape index (κ3) is 4.53. The topological polar surface area (TPSA) is 26.7 Å². The second-order valence-electron chi connectivity index (χ2n) is 6.84. The summed E-state index contributed by atoms with van der Waals surface area (Å²) >= 11 is 0. The number of aliphatic hydroxyl groups is 1. The molecule has 0 spiro atoms. The van der Waals surface area contributed by atoms with Crippen LogP contribution in [0.1, 0.15) is 37.0 Å². The SMILES string of the molecule is Cc1ccc(C(O)C(C)N2CCC(CN(C)C)CC2)cc1. The maximum atomic E-state index is 10.6. The molecule has 1 saturated heterocycles. The summed E-state index contributed by atoms with van der Waals surface area (Å²) in [6.45, 7) is 7.61. The average Bonchev–Trinajstić information content (AvgIpc) is 2.47. The molecule has 2 unspecified atom stereocenters. The van der Waals surface area contributed by atoms with Gasteiger partial charge in [-0.3, -0.25) is 4.90 Å². The molecule has 1 aromatic carbocycles. The molecule has 0 aromatic heterocycles. The van der Waals surface area contributed by atoms with E-state index in [2.05, 4.69) is 62.0 Å². The Hall–Kier alpha value is -0.900. The number of rotatable bonds is 5. The lowest BCUT2D eigenvalue weighted by Gasteiger charge is -2.38. The fraction of sp³-hybridized carbons (Fsp3) is 0.667. The molecule has 0 saturated carbocycles. The molecule has 118 valence electrons. The molecule has 1 aliphatic heterocycles. The predicted octanol–water partition coefficient (Wildman–Crippen LogP) is 2.69. The van der Waals surface area contributed by atoms with Gasteiger partial charge in [-0.05, 0) is 65.4 Å². The van der Waals surface area contributed by atoms with Crippen molar-refractivity contribution in [3.05, 3.63) is 35.4 Å². The van der Waals surface area contributed by atoms with Crippen LogP contribution in [0.25, 0.3) is 0 Å². The van der Waals surface area contributed by atoms with Gasteiger partial charge in [-0.15, -0.1) is 0 Å². The molecule has 3 heteroatoms. The standard InChI is InChI=1S/C18H30N2O/c1-14-5-7-17(8-6-14)18(21)15(2)20-11-9-16(10-12-20)13-19(3)4/h5-8,15-16,18,21H,9-13H2,1-4H3. The van der Waals surface area contributed by atoms with Gasteiger partial charge in [-0.1, -0.05) is 29.8 Å². The lowest BCUT2D eigenvalue weighted by atomic mass is 9.93. The Morgan fingerprint density at radius 1 is 1.19 bits per heavy atom. The fourth-order valence-corrected chi connectivity index (χ4v) is 3.30. The zero-order chi connectivity index (χ0) is 15.4. The van der Waals surface area contributed by atoms with Crippen LogP contribution in [0.3, 0.4) is 0 Å². The second-order valence-corrected chi connectivity index (χ2v) is 6.84. The van der Waals surface area contributed by atoms with Gasteiger partial charge in [0.25, 0.3) is 0 Å². The van der Waals surface area contributed by atoms with Gasteiger partial charge in [0.15, 0.2) is 0 Å². The quantitative estimate of drug-likeness (QED) is 0.903. The molecule has 0 amide bonds. The zero-order valence-corrected chi connectivity index (χ0v) is 13.9. The van der Waals surface area contributed by atoms with Crippen molar-refractivity contribution in [3.63, 3.8) is 0 Å². The van der Waals surface area contributed by atoms with Crippen molar-refractivity contribution in [3.8, 4) is 0 Å². The van der Waals surface area contributed by atoms with E-state index in [0.29, 0.717) is 0 Å². The first-order valence-electron chi connectivity index (χ1n) is 8.10. The molecule has 1 aromatic rings. The minimum atomic E-state index is -0.393. The molecular weight excluding hydrogens is 260 g/mol. The number of aliphatic hydroxyl groups excluding tert-OH is 1. The van der Waals surface area contributed by atoms with E-state index in [1.807, 2.05) is 0 Å².